The second-order valence-electron chi connectivity index (χ2n) is 6.91. The average Bonchev–Trinajstić information content (AvgIpc) is 2.60. The standard InChI is InChI=1S/C22H37Cl/c1-2-3-4-5-6-7-8-9-10-12-16-22(19-15-20-23)21-17-13-11-14-18-21/h11,13-14,17-18,22H,2-10,12,15-16,19-20H2,1H3. The summed E-state index contributed by atoms with van der Waals surface area (Å²) < 4.78 is 0. The second-order valence-corrected chi connectivity index (χ2v) is 7.29. The Morgan fingerprint density at radius 1 is 0.696 bits per heavy atom. The van der Waals surface area contributed by atoms with Gasteiger partial charge in [0.25, 0.3) is 0 Å². The van der Waals surface area contributed by atoms with Crippen LogP contribution in [0.1, 0.15) is 102 Å². The van der Waals surface area contributed by atoms with Crippen LogP contribution in [0.3, 0.4) is 0 Å². The molecule has 0 aliphatic rings. The van der Waals surface area contributed by atoms with Gasteiger partial charge in [0.2, 0.25) is 0 Å². The highest BCUT2D eigenvalue weighted by Gasteiger charge is 2.10. The van der Waals surface area contributed by atoms with Crippen LogP contribution in [0.15, 0.2) is 30.3 Å². The van der Waals surface area contributed by atoms with E-state index >= 15 is 0 Å². The summed E-state index contributed by atoms with van der Waals surface area (Å²) in [6, 6.07) is 11.0. The van der Waals surface area contributed by atoms with Crippen molar-refractivity contribution in [2.75, 3.05) is 5.88 Å². The molecule has 0 amide bonds. The summed E-state index contributed by atoms with van der Waals surface area (Å²) in [5.74, 6) is 1.51. The number of rotatable bonds is 15. The first-order chi connectivity index (χ1) is 11.4. The van der Waals surface area contributed by atoms with E-state index in [1.54, 1.807) is 0 Å². The molecule has 0 aromatic heterocycles. The van der Waals surface area contributed by atoms with Gasteiger partial charge in [-0.2, -0.15) is 0 Å². The molecule has 0 aliphatic heterocycles. The third-order valence-electron chi connectivity index (χ3n) is 4.86. The van der Waals surface area contributed by atoms with E-state index in [0.29, 0.717) is 5.92 Å². The van der Waals surface area contributed by atoms with Crippen molar-refractivity contribution in [1.82, 2.24) is 0 Å². The van der Waals surface area contributed by atoms with Gasteiger partial charge in [0.1, 0.15) is 0 Å². The van der Waals surface area contributed by atoms with Crippen LogP contribution >= 0.6 is 11.6 Å². The highest BCUT2D eigenvalue weighted by molar-refractivity contribution is 6.17. The summed E-state index contributed by atoms with van der Waals surface area (Å²) >= 11 is 5.90. The molecule has 1 rings (SSSR count). The predicted molar refractivity (Wildman–Crippen MR) is 106 cm³/mol. The highest BCUT2D eigenvalue weighted by Crippen LogP contribution is 2.27. The van der Waals surface area contributed by atoms with Gasteiger partial charge < -0.3 is 0 Å². The maximum absolute atomic E-state index is 5.90. The van der Waals surface area contributed by atoms with E-state index in [1.807, 2.05) is 0 Å². The molecular formula is C22H37Cl. The number of alkyl halides is 1. The van der Waals surface area contributed by atoms with Crippen LogP contribution in [0, 0.1) is 0 Å². The van der Waals surface area contributed by atoms with Crippen LogP contribution in [0.4, 0.5) is 0 Å². The Kier molecular flexibility index (Phi) is 13.5. The summed E-state index contributed by atoms with van der Waals surface area (Å²) in [5.41, 5.74) is 1.51. The fourth-order valence-corrected chi connectivity index (χ4v) is 3.56. The smallest absolute Gasteiger partial charge is 0.0223 e. The zero-order valence-electron chi connectivity index (χ0n) is 15.2. The van der Waals surface area contributed by atoms with Crippen molar-refractivity contribution in [3.63, 3.8) is 0 Å². The quantitative estimate of drug-likeness (QED) is 0.224. The SMILES string of the molecule is CCCCCCCCCCCCC(CCCCl)c1ccccc1. The lowest BCUT2D eigenvalue weighted by Crippen LogP contribution is -2.00. The van der Waals surface area contributed by atoms with Gasteiger partial charge in [0.15, 0.2) is 0 Å². The molecule has 0 spiro atoms. The lowest BCUT2D eigenvalue weighted by atomic mass is 9.89. The maximum Gasteiger partial charge on any atom is 0.0223 e. The third kappa shape index (κ3) is 10.8. The van der Waals surface area contributed by atoms with E-state index in [0.717, 1.165) is 12.3 Å². The summed E-state index contributed by atoms with van der Waals surface area (Å²) in [6.45, 7) is 2.29. The minimum Gasteiger partial charge on any atom is -0.127 e. The van der Waals surface area contributed by atoms with Crippen LogP contribution in [0.2, 0.25) is 0 Å². The molecule has 0 radical (unpaired) electrons. The topological polar surface area (TPSA) is 0 Å². The molecule has 132 valence electrons. The molecule has 1 heteroatoms. The predicted octanol–water partition coefficient (Wildman–Crippen LogP) is 8.10. The Morgan fingerprint density at radius 3 is 1.78 bits per heavy atom. The van der Waals surface area contributed by atoms with Crippen molar-refractivity contribution in [3.05, 3.63) is 35.9 Å². The van der Waals surface area contributed by atoms with Crippen molar-refractivity contribution >= 4 is 11.6 Å². The van der Waals surface area contributed by atoms with Gasteiger partial charge in [0, 0.05) is 5.88 Å². The first-order valence-electron chi connectivity index (χ1n) is 9.99. The Morgan fingerprint density at radius 2 is 1.22 bits per heavy atom. The van der Waals surface area contributed by atoms with Crippen molar-refractivity contribution in [1.29, 1.82) is 0 Å². The summed E-state index contributed by atoms with van der Waals surface area (Å²) in [7, 11) is 0. The zero-order valence-corrected chi connectivity index (χ0v) is 16.0. The average molecular weight is 337 g/mol. The fourth-order valence-electron chi connectivity index (χ4n) is 3.40. The van der Waals surface area contributed by atoms with Crippen molar-refractivity contribution in [2.45, 2.75) is 96.3 Å². The van der Waals surface area contributed by atoms with Crippen molar-refractivity contribution in [2.24, 2.45) is 0 Å². The molecule has 0 saturated carbocycles. The van der Waals surface area contributed by atoms with Crippen LogP contribution in [0.25, 0.3) is 0 Å². The van der Waals surface area contributed by atoms with E-state index < -0.39 is 0 Å². The number of unbranched alkanes of at least 4 members (excludes halogenated alkanes) is 9. The molecule has 0 fully saturated rings. The fraction of sp³-hybridized carbons (Fsp3) is 0.727. The van der Waals surface area contributed by atoms with Gasteiger partial charge in [-0.15, -0.1) is 11.6 Å². The molecule has 1 aromatic rings. The molecule has 1 atom stereocenters. The van der Waals surface area contributed by atoms with Gasteiger partial charge in [-0.3, -0.25) is 0 Å². The van der Waals surface area contributed by atoms with Gasteiger partial charge in [-0.25, -0.2) is 0 Å². The summed E-state index contributed by atoms with van der Waals surface area (Å²) in [6.07, 6.45) is 17.9. The highest BCUT2D eigenvalue weighted by atomic mass is 35.5. The molecule has 0 heterocycles. The molecule has 0 N–H and O–H groups in total. The van der Waals surface area contributed by atoms with Crippen molar-refractivity contribution in [3.8, 4) is 0 Å². The molecule has 0 bridgehead atoms. The van der Waals surface area contributed by atoms with Gasteiger partial charge in [0.05, 0.1) is 0 Å². The van der Waals surface area contributed by atoms with E-state index in [2.05, 4.69) is 37.3 Å². The van der Waals surface area contributed by atoms with E-state index in [-0.39, 0.29) is 0 Å². The van der Waals surface area contributed by atoms with Crippen molar-refractivity contribution < 1.29 is 0 Å². The van der Waals surface area contributed by atoms with Gasteiger partial charge in [-0.1, -0.05) is 101 Å². The first-order valence-corrected chi connectivity index (χ1v) is 10.5. The lowest BCUT2D eigenvalue weighted by molar-refractivity contribution is 0.505. The molecule has 1 aromatic carbocycles. The number of benzene rings is 1. The second kappa shape index (κ2) is 15.1. The minimum absolute atomic E-state index is 0.712. The van der Waals surface area contributed by atoms with E-state index in [9.17, 15) is 0 Å². The monoisotopic (exact) mass is 336 g/mol. The first kappa shape index (κ1) is 20.6. The number of hydrogen-bond acceptors (Lipinski definition) is 0. The van der Waals surface area contributed by atoms with E-state index in [1.165, 1.54) is 82.6 Å². The molecule has 1 unspecified atom stereocenters. The Labute approximate surface area is 150 Å². The van der Waals surface area contributed by atoms with Gasteiger partial charge in [-0.05, 0) is 30.7 Å². The number of hydrogen-bond donors (Lipinski definition) is 0. The summed E-state index contributed by atoms with van der Waals surface area (Å²) in [4.78, 5) is 0. The van der Waals surface area contributed by atoms with Gasteiger partial charge >= 0.3 is 0 Å². The minimum atomic E-state index is 0.712. The Bertz CT molecular complexity index is 346. The molecule has 0 nitrogen and oxygen atoms in total. The molecule has 0 aliphatic carbocycles. The zero-order chi connectivity index (χ0) is 16.6. The molecular weight excluding hydrogens is 300 g/mol. The van der Waals surface area contributed by atoms with Crippen LogP contribution < -0.4 is 0 Å². The Hall–Kier alpha value is -0.490. The van der Waals surface area contributed by atoms with Crippen LogP contribution in [-0.2, 0) is 0 Å². The van der Waals surface area contributed by atoms with E-state index in [4.69, 9.17) is 11.6 Å². The molecule has 23 heavy (non-hydrogen) atoms. The summed E-state index contributed by atoms with van der Waals surface area (Å²) in [5, 5.41) is 0. The Balaban J connectivity index is 2.09. The molecule has 0 saturated heterocycles. The normalized spacial score (nSPS) is 12.4. The maximum atomic E-state index is 5.90. The van der Waals surface area contributed by atoms with Crippen LogP contribution in [-0.4, -0.2) is 5.88 Å². The number of halogens is 1. The van der Waals surface area contributed by atoms with Crippen LogP contribution in [0.5, 0.6) is 0 Å². The largest absolute Gasteiger partial charge is 0.127 e. The third-order valence-corrected chi connectivity index (χ3v) is 5.13. The lowest BCUT2D eigenvalue weighted by Gasteiger charge is -2.17.